The van der Waals surface area contributed by atoms with Crippen molar-refractivity contribution in [1.82, 2.24) is 4.90 Å². The molecular weight excluding hydrogens is 265 g/mol. The minimum absolute atomic E-state index is 0.0899. The molecule has 0 unspecified atom stereocenters. The number of piperidine rings is 1. The normalized spacial score (nSPS) is 21.0. The number of nitrogens with one attached hydrogen (secondary N) is 1. The largest absolute Gasteiger partial charge is 0.382 e. The molecule has 2 fully saturated rings. The zero-order valence-electron chi connectivity index (χ0n) is 12.9. The second-order valence-corrected chi connectivity index (χ2v) is 6.21. The number of anilines is 2. The van der Waals surface area contributed by atoms with Crippen LogP contribution in [0.25, 0.3) is 0 Å². The van der Waals surface area contributed by atoms with Crippen molar-refractivity contribution in [3.8, 4) is 0 Å². The molecule has 3 rings (SSSR count). The molecule has 0 aliphatic carbocycles. The molecule has 116 valence electrons. The van der Waals surface area contributed by atoms with Crippen molar-refractivity contribution >= 4 is 11.4 Å². The Bertz CT molecular complexity index is 463. The summed E-state index contributed by atoms with van der Waals surface area (Å²) < 4.78 is 14.3. The van der Waals surface area contributed by atoms with Gasteiger partial charge in [0, 0.05) is 37.9 Å². The van der Waals surface area contributed by atoms with Crippen LogP contribution in [-0.2, 0) is 0 Å². The van der Waals surface area contributed by atoms with Gasteiger partial charge in [0.15, 0.2) is 0 Å². The molecule has 3 nitrogen and oxygen atoms in total. The maximum atomic E-state index is 14.3. The third-order valence-corrected chi connectivity index (χ3v) is 4.80. The van der Waals surface area contributed by atoms with E-state index in [2.05, 4.69) is 22.0 Å². The Balaban J connectivity index is 1.60. The molecule has 0 atom stereocenters. The third-order valence-electron chi connectivity index (χ3n) is 4.80. The summed E-state index contributed by atoms with van der Waals surface area (Å²) in [6.07, 6.45) is 4.64. The van der Waals surface area contributed by atoms with Gasteiger partial charge in [-0.25, -0.2) is 4.39 Å². The van der Waals surface area contributed by atoms with Crippen molar-refractivity contribution in [2.24, 2.45) is 0 Å². The fourth-order valence-electron chi connectivity index (χ4n) is 3.44. The summed E-state index contributed by atoms with van der Waals surface area (Å²) in [7, 11) is 0. The average Bonchev–Trinajstić information content (AvgIpc) is 3.02. The average molecular weight is 291 g/mol. The molecule has 2 heterocycles. The van der Waals surface area contributed by atoms with Crippen LogP contribution in [0, 0.1) is 5.82 Å². The van der Waals surface area contributed by atoms with Crippen molar-refractivity contribution in [3.05, 3.63) is 24.0 Å². The van der Waals surface area contributed by atoms with E-state index >= 15 is 0 Å². The van der Waals surface area contributed by atoms with E-state index in [0.717, 1.165) is 56.9 Å². The highest BCUT2D eigenvalue weighted by atomic mass is 19.1. The Morgan fingerprint density at radius 3 is 2.48 bits per heavy atom. The summed E-state index contributed by atoms with van der Waals surface area (Å²) in [5, 5.41) is 3.50. The van der Waals surface area contributed by atoms with E-state index in [-0.39, 0.29) is 5.82 Å². The Hall–Kier alpha value is -1.29. The van der Waals surface area contributed by atoms with Gasteiger partial charge in [0.2, 0.25) is 0 Å². The SMILES string of the molecule is CCN1CCC(Nc2ccc(N3CCCC3)c(F)c2)CC1. The monoisotopic (exact) mass is 291 g/mol. The van der Waals surface area contributed by atoms with Gasteiger partial charge in [0.1, 0.15) is 5.82 Å². The quantitative estimate of drug-likeness (QED) is 0.918. The molecule has 0 spiro atoms. The van der Waals surface area contributed by atoms with Crippen LogP contribution >= 0.6 is 0 Å². The van der Waals surface area contributed by atoms with Gasteiger partial charge in [-0.1, -0.05) is 6.92 Å². The van der Waals surface area contributed by atoms with Crippen molar-refractivity contribution < 1.29 is 4.39 Å². The molecule has 4 heteroatoms. The standard InChI is InChI=1S/C17H26FN3/c1-2-20-11-7-14(8-12-20)19-15-5-6-17(16(18)13-15)21-9-3-4-10-21/h5-6,13-14,19H,2-4,7-12H2,1H3. The van der Waals surface area contributed by atoms with Crippen molar-refractivity contribution in [2.45, 2.75) is 38.6 Å². The first-order chi connectivity index (χ1) is 10.3. The predicted molar refractivity (Wildman–Crippen MR) is 86.6 cm³/mol. The van der Waals surface area contributed by atoms with Crippen LogP contribution in [-0.4, -0.2) is 43.7 Å². The minimum atomic E-state index is -0.0899. The fraction of sp³-hybridized carbons (Fsp3) is 0.647. The van der Waals surface area contributed by atoms with E-state index in [4.69, 9.17) is 0 Å². The second kappa shape index (κ2) is 6.65. The number of nitrogens with zero attached hydrogens (tertiary/aromatic N) is 2. The Morgan fingerprint density at radius 2 is 1.86 bits per heavy atom. The van der Waals surface area contributed by atoms with E-state index < -0.39 is 0 Å². The number of rotatable bonds is 4. The van der Waals surface area contributed by atoms with Crippen LogP contribution in [0.2, 0.25) is 0 Å². The van der Waals surface area contributed by atoms with Gasteiger partial charge in [-0.2, -0.15) is 0 Å². The molecule has 21 heavy (non-hydrogen) atoms. The number of benzene rings is 1. The first kappa shape index (κ1) is 14.6. The lowest BCUT2D eigenvalue weighted by Gasteiger charge is -2.32. The topological polar surface area (TPSA) is 18.5 Å². The molecule has 0 saturated carbocycles. The molecule has 1 aromatic carbocycles. The van der Waals surface area contributed by atoms with Gasteiger partial charge < -0.3 is 15.1 Å². The van der Waals surface area contributed by atoms with E-state index in [1.807, 2.05) is 12.1 Å². The van der Waals surface area contributed by atoms with Crippen molar-refractivity contribution in [2.75, 3.05) is 42.9 Å². The first-order valence-electron chi connectivity index (χ1n) is 8.29. The number of likely N-dealkylation sites (tertiary alicyclic amines) is 1. The number of hydrogen-bond donors (Lipinski definition) is 1. The van der Waals surface area contributed by atoms with Crippen LogP contribution < -0.4 is 10.2 Å². The van der Waals surface area contributed by atoms with Crippen molar-refractivity contribution in [3.63, 3.8) is 0 Å². The molecular formula is C17H26FN3. The highest BCUT2D eigenvalue weighted by Gasteiger charge is 2.19. The highest BCUT2D eigenvalue weighted by Crippen LogP contribution is 2.27. The summed E-state index contributed by atoms with van der Waals surface area (Å²) in [4.78, 5) is 4.62. The van der Waals surface area contributed by atoms with E-state index in [0.29, 0.717) is 6.04 Å². The van der Waals surface area contributed by atoms with Gasteiger partial charge in [0.05, 0.1) is 5.69 Å². The zero-order chi connectivity index (χ0) is 14.7. The van der Waals surface area contributed by atoms with Crippen LogP contribution in [0.4, 0.5) is 15.8 Å². The third kappa shape index (κ3) is 3.49. The van der Waals surface area contributed by atoms with Crippen molar-refractivity contribution in [1.29, 1.82) is 0 Å². The Kier molecular flexibility index (Phi) is 4.63. The molecule has 0 radical (unpaired) electrons. The lowest BCUT2D eigenvalue weighted by Crippen LogP contribution is -2.38. The van der Waals surface area contributed by atoms with Crippen LogP contribution in [0.3, 0.4) is 0 Å². The second-order valence-electron chi connectivity index (χ2n) is 6.21. The lowest BCUT2D eigenvalue weighted by molar-refractivity contribution is 0.229. The molecule has 1 aromatic rings. The zero-order valence-corrected chi connectivity index (χ0v) is 12.9. The van der Waals surface area contributed by atoms with Crippen LogP contribution in [0.1, 0.15) is 32.6 Å². The van der Waals surface area contributed by atoms with Crippen LogP contribution in [0.15, 0.2) is 18.2 Å². The smallest absolute Gasteiger partial charge is 0.148 e. The molecule has 0 amide bonds. The Labute approximate surface area is 127 Å². The summed E-state index contributed by atoms with van der Waals surface area (Å²) in [5.74, 6) is -0.0899. The van der Waals surface area contributed by atoms with Gasteiger partial charge in [0.25, 0.3) is 0 Å². The maximum absolute atomic E-state index is 14.3. The highest BCUT2D eigenvalue weighted by molar-refractivity contribution is 5.57. The van der Waals surface area contributed by atoms with Gasteiger partial charge in [-0.05, 0) is 50.4 Å². The van der Waals surface area contributed by atoms with E-state index in [1.54, 1.807) is 6.07 Å². The molecule has 1 N–H and O–H groups in total. The number of halogens is 1. The van der Waals surface area contributed by atoms with E-state index in [9.17, 15) is 4.39 Å². The van der Waals surface area contributed by atoms with E-state index in [1.165, 1.54) is 12.8 Å². The summed E-state index contributed by atoms with van der Waals surface area (Å²) in [5.41, 5.74) is 1.68. The number of hydrogen-bond acceptors (Lipinski definition) is 3. The molecule has 2 aliphatic heterocycles. The summed E-state index contributed by atoms with van der Waals surface area (Å²) in [6.45, 7) is 7.59. The van der Waals surface area contributed by atoms with Crippen LogP contribution in [0.5, 0.6) is 0 Å². The summed E-state index contributed by atoms with van der Waals surface area (Å²) in [6, 6.07) is 6.11. The minimum Gasteiger partial charge on any atom is -0.382 e. The van der Waals surface area contributed by atoms with Gasteiger partial charge >= 0.3 is 0 Å². The van der Waals surface area contributed by atoms with Gasteiger partial charge in [-0.15, -0.1) is 0 Å². The summed E-state index contributed by atoms with van der Waals surface area (Å²) >= 11 is 0. The molecule has 2 saturated heterocycles. The predicted octanol–water partition coefficient (Wildman–Crippen LogP) is 3.32. The first-order valence-corrected chi connectivity index (χ1v) is 8.29. The Morgan fingerprint density at radius 1 is 1.14 bits per heavy atom. The fourth-order valence-corrected chi connectivity index (χ4v) is 3.44. The maximum Gasteiger partial charge on any atom is 0.148 e. The lowest BCUT2D eigenvalue weighted by atomic mass is 10.0. The molecule has 0 aromatic heterocycles. The molecule has 2 aliphatic rings. The molecule has 0 bridgehead atoms. The van der Waals surface area contributed by atoms with Gasteiger partial charge in [-0.3, -0.25) is 0 Å².